The fourth-order valence-electron chi connectivity index (χ4n) is 4.02. The minimum atomic E-state index is -0.329. The van der Waals surface area contributed by atoms with Crippen LogP contribution in [0.25, 0.3) is 0 Å². The SMILES string of the molecule is COC(=O)c1ccc(CN2C[C@@H](C)N(C(=O)c3cccc(CCl)c3)[C@@H](C)C2)cc1. The Morgan fingerprint density at radius 1 is 1.00 bits per heavy atom. The molecular weight excluding hydrogens is 388 g/mol. The zero-order valence-electron chi connectivity index (χ0n) is 17.1. The third kappa shape index (κ3) is 4.98. The van der Waals surface area contributed by atoms with Crippen LogP contribution in [-0.2, 0) is 17.2 Å². The molecule has 154 valence electrons. The molecule has 2 atom stereocenters. The van der Waals surface area contributed by atoms with Gasteiger partial charge < -0.3 is 9.64 Å². The van der Waals surface area contributed by atoms with Crippen molar-refractivity contribution in [2.45, 2.75) is 38.4 Å². The smallest absolute Gasteiger partial charge is 0.337 e. The molecule has 3 rings (SSSR count). The molecule has 0 bridgehead atoms. The first-order chi connectivity index (χ1) is 13.9. The predicted molar refractivity (Wildman–Crippen MR) is 114 cm³/mol. The second kappa shape index (κ2) is 9.42. The number of methoxy groups -OCH3 is 1. The topological polar surface area (TPSA) is 49.9 Å². The molecule has 1 aliphatic heterocycles. The van der Waals surface area contributed by atoms with Crippen LogP contribution >= 0.6 is 11.6 Å². The van der Waals surface area contributed by atoms with Crippen molar-refractivity contribution < 1.29 is 14.3 Å². The van der Waals surface area contributed by atoms with Gasteiger partial charge in [-0.15, -0.1) is 11.6 Å². The Morgan fingerprint density at radius 2 is 1.66 bits per heavy atom. The lowest BCUT2D eigenvalue weighted by Crippen LogP contribution is -2.58. The highest BCUT2D eigenvalue weighted by Gasteiger charge is 2.33. The quantitative estimate of drug-likeness (QED) is 0.549. The van der Waals surface area contributed by atoms with E-state index in [0.717, 1.165) is 30.8 Å². The van der Waals surface area contributed by atoms with Gasteiger partial charge in [-0.2, -0.15) is 0 Å². The third-order valence-corrected chi connectivity index (χ3v) is 5.65. The number of esters is 1. The van der Waals surface area contributed by atoms with E-state index in [1.165, 1.54) is 7.11 Å². The lowest BCUT2D eigenvalue weighted by Gasteiger charge is -2.44. The van der Waals surface area contributed by atoms with Gasteiger partial charge in [0.25, 0.3) is 5.91 Å². The number of ether oxygens (including phenoxy) is 1. The molecule has 29 heavy (non-hydrogen) atoms. The number of rotatable bonds is 5. The van der Waals surface area contributed by atoms with E-state index in [1.807, 2.05) is 41.3 Å². The molecule has 2 aromatic rings. The third-order valence-electron chi connectivity index (χ3n) is 5.34. The number of amides is 1. The molecule has 0 N–H and O–H groups in total. The lowest BCUT2D eigenvalue weighted by atomic mass is 10.0. The van der Waals surface area contributed by atoms with E-state index >= 15 is 0 Å². The molecule has 0 radical (unpaired) electrons. The van der Waals surface area contributed by atoms with Crippen molar-refractivity contribution in [3.8, 4) is 0 Å². The fraction of sp³-hybridized carbons (Fsp3) is 0.391. The minimum Gasteiger partial charge on any atom is -0.465 e. The molecule has 1 saturated heterocycles. The molecule has 2 aromatic carbocycles. The molecule has 0 aliphatic carbocycles. The van der Waals surface area contributed by atoms with Crippen LogP contribution in [0, 0.1) is 0 Å². The fourth-order valence-corrected chi connectivity index (χ4v) is 4.19. The molecule has 0 unspecified atom stereocenters. The van der Waals surface area contributed by atoms with E-state index in [2.05, 4.69) is 18.7 Å². The standard InChI is InChI=1S/C23H27ClN2O3/c1-16-13-25(15-18-7-9-20(10-8-18)23(28)29-3)14-17(2)26(16)22(27)21-6-4-5-19(11-21)12-24/h4-11,16-17H,12-15H2,1-3H3/t16-,17+. The van der Waals surface area contributed by atoms with Crippen molar-refractivity contribution in [2.75, 3.05) is 20.2 Å². The summed E-state index contributed by atoms with van der Waals surface area (Å²) in [7, 11) is 1.38. The molecule has 0 aromatic heterocycles. The van der Waals surface area contributed by atoms with Gasteiger partial charge in [0.1, 0.15) is 0 Å². The first kappa shape index (κ1) is 21.3. The van der Waals surface area contributed by atoms with Crippen molar-refractivity contribution in [3.63, 3.8) is 0 Å². The maximum absolute atomic E-state index is 13.1. The number of halogens is 1. The highest BCUT2D eigenvalue weighted by Crippen LogP contribution is 2.22. The van der Waals surface area contributed by atoms with Crippen LogP contribution in [0.2, 0.25) is 0 Å². The van der Waals surface area contributed by atoms with E-state index < -0.39 is 0 Å². The van der Waals surface area contributed by atoms with Crippen LogP contribution < -0.4 is 0 Å². The second-order valence-electron chi connectivity index (χ2n) is 7.63. The first-order valence-corrected chi connectivity index (χ1v) is 10.3. The number of hydrogen-bond donors (Lipinski definition) is 0. The van der Waals surface area contributed by atoms with Gasteiger partial charge >= 0.3 is 5.97 Å². The summed E-state index contributed by atoms with van der Waals surface area (Å²) < 4.78 is 4.75. The van der Waals surface area contributed by atoms with Gasteiger partial charge in [-0.25, -0.2) is 4.79 Å². The number of carbonyl (C=O) groups is 2. The monoisotopic (exact) mass is 414 g/mol. The Labute approximate surface area is 177 Å². The highest BCUT2D eigenvalue weighted by atomic mass is 35.5. The number of hydrogen-bond acceptors (Lipinski definition) is 4. The molecule has 1 aliphatic rings. The Hall–Kier alpha value is -2.37. The number of carbonyl (C=O) groups excluding carboxylic acids is 2. The van der Waals surface area contributed by atoms with E-state index in [4.69, 9.17) is 16.3 Å². The van der Waals surface area contributed by atoms with Gasteiger partial charge in [0.05, 0.1) is 12.7 Å². The van der Waals surface area contributed by atoms with Crippen molar-refractivity contribution in [1.82, 2.24) is 9.80 Å². The van der Waals surface area contributed by atoms with Crippen LogP contribution in [0.3, 0.4) is 0 Å². The average molecular weight is 415 g/mol. The summed E-state index contributed by atoms with van der Waals surface area (Å²) in [5.41, 5.74) is 3.32. The molecule has 1 heterocycles. The van der Waals surface area contributed by atoms with Crippen LogP contribution in [0.4, 0.5) is 0 Å². The summed E-state index contributed by atoms with van der Waals surface area (Å²) in [5, 5.41) is 0. The molecule has 6 heteroatoms. The van der Waals surface area contributed by atoms with E-state index in [9.17, 15) is 9.59 Å². The summed E-state index contributed by atoms with van der Waals surface area (Å²) in [5.74, 6) is 0.123. The van der Waals surface area contributed by atoms with Crippen LogP contribution in [0.15, 0.2) is 48.5 Å². The number of alkyl halides is 1. The van der Waals surface area contributed by atoms with Crippen molar-refractivity contribution in [3.05, 3.63) is 70.8 Å². The maximum Gasteiger partial charge on any atom is 0.337 e. The van der Waals surface area contributed by atoms with Crippen molar-refractivity contribution >= 4 is 23.5 Å². The second-order valence-corrected chi connectivity index (χ2v) is 7.89. The molecule has 1 fully saturated rings. The number of benzene rings is 2. The maximum atomic E-state index is 13.1. The van der Waals surface area contributed by atoms with Gasteiger partial charge in [0.2, 0.25) is 0 Å². The van der Waals surface area contributed by atoms with Gasteiger partial charge in [0.15, 0.2) is 0 Å². The summed E-state index contributed by atoms with van der Waals surface area (Å²) in [6.45, 7) is 6.55. The lowest BCUT2D eigenvalue weighted by molar-refractivity contribution is 0.0268. The summed E-state index contributed by atoms with van der Waals surface area (Å²) in [4.78, 5) is 29.0. The molecule has 5 nitrogen and oxygen atoms in total. The summed E-state index contributed by atoms with van der Waals surface area (Å²) in [6, 6.07) is 15.2. The van der Waals surface area contributed by atoms with E-state index in [-0.39, 0.29) is 24.0 Å². The largest absolute Gasteiger partial charge is 0.465 e. The summed E-state index contributed by atoms with van der Waals surface area (Å²) >= 11 is 5.92. The van der Waals surface area contributed by atoms with E-state index in [1.54, 1.807) is 12.1 Å². The summed E-state index contributed by atoms with van der Waals surface area (Å²) in [6.07, 6.45) is 0. The molecular formula is C23H27ClN2O3. The van der Waals surface area contributed by atoms with Crippen LogP contribution in [0.1, 0.15) is 45.7 Å². The van der Waals surface area contributed by atoms with Gasteiger partial charge in [-0.1, -0.05) is 24.3 Å². The van der Waals surface area contributed by atoms with Crippen LogP contribution in [0.5, 0.6) is 0 Å². The zero-order valence-corrected chi connectivity index (χ0v) is 17.9. The zero-order chi connectivity index (χ0) is 21.0. The Bertz CT molecular complexity index is 857. The Kier molecular flexibility index (Phi) is 6.93. The average Bonchev–Trinajstić information content (AvgIpc) is 2.73. The van der Waals surface area contributed by atoms with Crippen molar-refractivity contribution in [1.29, 1.82) is 0 Å². The molecule has 1 amide bonds. The Morgan fingerprint density at radius 3 is 2.24 bits per heavy atom. The Balaban J connectivity index is 1.66. The van der Waals surface area contributed by atoms with Crippen molar-refractivity contribution in [2.24, 2.45) is 0 Å². The van der Waals surface area contributed by atoms with E-state index in [0.29, 0.717) is 17.0 Å². The first-order valence-electron chi connectivity index (χ1n) is 9.80. The van der Waals surface area contributed by atoms with Crippen LogP contribution in [-0.4, -0.2) is 54.0 Å². The number of nitrogens with zero attached hydrogens (tertiary/aromatic N) is 2. The predicted octanol–water partition coefficient (Wildman–Crippen LogP) is 3.95. The van der Waals surface area contributed by atoms with Gasteiger partial charge in [-0.05, 0) is 49.2 Å². The minimum absolute atomic E-state index is 0.0547. The highest BCUT2D eigenvalue weighted by molar-refractivity contribution is 6.17. The van der Waals surface area contributed by atoms with Gasteiger partial charge in [-0.3, -0.25) is 9.69 Å². The van der Waals surface area contributed by atoms with Gasteiger partial charge in [0, 0.05) is 43.2 Å². The molecule has 0 spiro atoms. The normalized spacial score (nSPS) is 19.8. The molecule has 0 saturated carbocycles. The number of piperazine rings is 1.